The van der Waals surface area contributed by atoms with Crippen LogP contribution < -0.4 is 0 Å². The Hall–Kier alpha value is -1.03. The first-order valence-electron chi connectivity index (χ1n) is 7.51. The molecule has 25 heavy (non-hydrogen) atoms. The van der Waals surface area contributed by atoms with Crippen LogP contribution in [-0.4, -0.2) is 23.3 Å². The van der Waals surface area contributed by atoms with Gasteiger partial charge in [0.05, 0.1) is 17.2 Å². The number of thiazole rings is 1. The monoisotopic (exact) mass is 409 g/mol. The van der Waals surface area contributed by atoms with E-state index in [1.807, 2.05) is 13.1 Å². The normalized spacial score (nSPS) is 13.3. The summed E-state index contributed by atoms with van der Waals surface area (Å²) in [5.74, 6) is 0. The minimum Gasteiger partial charge on any atom is -0.410 e. The molecule has 0 N–H and O–H groups in total. The first-order valence-corrected chi connectivity index (χ1v) is 11.6. The van der Waals surface area contributed by atoms with E-state index in [4.69, 9.17) is 16.0 Å². The number of alkyl halides is 3. The Morgan fingerprint density at radius 2 is 1.84 bits per heavy atom. The van der Waals surface area contributed by atoms with Gasteiger partial charge in [0.2, 0.25) is 5.28 Å². The number of halogens is 4. The highest BCUT2D eigenvalue weighted by Crippen LogP contribution is 2.41. The van der Waals surface area contributed by atoms with E-state index < -0.39 is 20.2 Å². The summed E-state index contributed by atoms with van der Waals surface area (Å²) < 4.78 is 46.0. The van der Waals surface area contributed by atoms with Gasteiger partial charge in [-0.2, -0.15) is 13.2 Å². The molecule has 2 heterocycles. The summed E-state index contributed by atoms with van der Waals surface area (Å²) in [5.41, 5.74) is -0.871. The number of nitrogens with zero attached hydrogens (tertiary/aromatic N) is 3. The number of aromatic nitrogens is 3. The predicted molar refractivity (Wildman–Crippen MR) is 95.1 cm³/mol. The Kier molecular flexibility index (Phi) is 5.63. The molecule has 4 nitrogen and oxygen atoms in total. The second-order valence-corrected chi connectivity index (χ2v) is 13.3. The Balaban J connectivity index is 2.36. The van der Waals surface area contributed by atoms with E-state index in [2.05, 4.69) is 35.7 Å². The molecule has 10 heteroatoms. The average molecular weight is 410 g/mol. The van der Waals surface area contributed by atoms with Gasteiger partial charge in [0, 0.05) is 6.20 Å². The number of hydrogen-bond donors (Lipinski definition) is 0. The zero-order chi connectivity index (χ0) is 19.0. The van der Waals surface area contributed by atoms with Crippen LogP contribution in [0.3, 0.4) is 0 Å². The topological polar surface area (TPSA) is 47.9 Å². The molecule has 0 radical (unpaired) electrons. The molecule has 0 unspecified atom stereocenters. The third-order valence-electron chi connectivity index (χ3n) is 4.16. The smallest absolute Gasteiger partial charge is 0.410 e. The molecule has 2 aromatic rings. The second-order valence-electron chi connectivity index (χ2n) is 7.04. The average Bonchev–Trinajstić information content (AvgIpc) is 2.88. The van der Waals surface area contributed by atoms with Crippen molar-refractivity contribution < 1.29 is 17.6 Å². The number of hydrogen-bond acceptors (Lipinski definition) is 5. The van der Waals surface area contributed by atoms with E-state index in [-0.39, 0.29) is 32.5 Å². The molecule has 0 saturated heterocycles. The SMILES string of the molecule is CC(C)(C)[Si](C)(C)OCc1nc(C(F)(F)F)c(-c2ccnc(Cl)n2)s1. The van der Waals surface area contributed by atoms with E-state index in [0.29, 0.717) is 0 Å². The van der Waals surface area contributed by atoms with E-state index in [1.54, 1.807) is 0 Å². The highest BCUT2D eigenvalue weighted by atomic mass is 35.5. The summed E-state index contributed by atoms with van der Waals surface area (Å²) >= 11 is 6.62. The molecule has 2 aromatic heterocycles. The first kappa shape index (κ1) is 20.3. The minimum absolute atomic E-state index is 0.0415. The van der Waals surface area contributed by atoms with Crippen molar-refractivity contribution in [2.45, 2.75) is 51.7 Å². The largest absolute Gasteiger partial charge is 0.434 e. The molecule has 0 atom stereocenters. The Morgan fingerprint density at radius 3 is 2.36 bits per heavy atom. The van der Waals surface area contributed by atoms with Crippen LogP contribution in [0.4, 0.5) is 13.2 Å². The summed E-state index contributed by atoms with van der Waals surface area (Å²) in [6.07, 6.45) is -3.27. The zero-order valence-corrected chi connectivity index (χ0v) is 17.1. The first-order chi connectivity index (χ1) is 11.3. The summed E-state index contributed by atoms with van der Waals surface area (Å²) in [6, 6.07) is 1.38. The van der Waals surface area contributed by atoms with Crippen LogP contribution >= 0.6 is 22.9 Å². The van der Waals surface area contributed by atoms with Gasteiger partial charge < -0.3 is 4.43 Å². The van der Waals surface area contributed by atoms with Crippen LogP contribution in [0.25, 0.3) is 10.6 Å². The lowest BCUT2D eigenvalue weighted by atomic mass is 10.2. The van der Waals surface area contributed by atoms with Crippen LogP contribution in [0, 0.1) is 0 Å². The van der Waals surface area contributed by atoms with E-state index in [0.717, 1.165) is 11.3 Å². The maximum absolute atomic E-state index is 13.3. The lowest BCUT2D eigenvalue weighted by Crippen LogP contribution is -2.40. The van der Waals surface area contributed by atoms with E-state index in [9.17, 15) is 13.2 Å². The van der Waals surface area contributed by atoms with Crippen molar-refractivity contribution in [1.82, 2.24) is 15.0 Å². The van der Waals surface area contributed by atoms with Crippen LogP contribution in [-0.2, 0) is 17.2 Å². The van der Waals surface area contributed by atoms with Crippen LogP contribution in [0.1, 0.15) is 31.5 Å². The Labute approximate surface area is 154 Å². The molecule has 0 aliphatic heterocycles. The molecule has 0 amide bonds. The van der Waals surface area contributed by atoms with Gasteiger partial charge in [0.25, 0.3) is 0 Å². The van der Waals surface area contributed by atoms with Gasteiger partial charge in [-0.15, -0.1) is 11.3 Å². The summed E-state index contributed by atoms with van der Waals surface area (Å²) in [6.45, 7) is 10.3. The second kappa shape index (κ2) is 6.94. The maximum atomic E-state index is 13.3. The Morgan fingerprint density at radius 1 is 1.20 bits per heavy atom. The van der Waals surface area contributed by atoms with E-state index in [1.165, 1.54) is 12.3 Å². The van der Waals surface area contributed by atoms with Crippen molar-refractivity contribution in [3.8, 4) is 10.6 Å². The predicted octanol–water partition coefficient (Wildman–Crippen LogP) is 5.79. The third kappa shape index (κ3) is 4.78. The number of rotatable bonds is 4. The zero-order valence-electron chi connectivity index (χ0n) is 14.5. The van der Waals surface area contributed by atoms with Crippen molar-refractivity contribution in [2.75, 3.05) is 0 Å². The van der Waals surface area contributed by atoms with Crippen LogP contribution in [0.2, 0.25) is 23.4 Å². The third-order valence-corrected chi connectivity index (χ3v) is 9.87. The fourth-order valence-corrected chi connectivity index (χ4v) is 3.86. The molecule has 0 spiro atoms. The fraction of sp³-hybridized carbons (Fsp3) is 0.533. The van der Waals surface area contributed by atoms with Crippen molar-refractivity contribution >= 4 is 31.3 Å². The molecule has 138 valence electrons. The van der Waals surface area contributed by atoms with Crippen LogP contribution in [0.15, 0.2) is 12.3 Å². The van der Waals surface area contributed by atoms with Crippen LogP contribution in [0.5, 0.6) is 0 Å². The molecule has 0 aliphatic carbocycles. The van der Waals surface area contributed by atoms with Gasteiger partial charge in [-0.3, -0.25) is 0 Å². The highest BCUT2D eigenvalue weighted by molar-refractivity contribution is 7.15. The maximum Gasteiger partial charge on any atom is 0.434 e. The van der Waals surface area contributed by atoms with Crippen molar-refractivity contribution in [1.29, 1.82) is 0 Å². The molecule has 0 aliphatic rings. The molecular weight excluding hydrogens is 391 g/mol. The summed E-state index contributed by atoms with van der Waals surface area (Å²) in [7, 11) is -2.09. The van der Waals surface area contributed by atoms with Crippen molar-refractivity contribution in [2.24, 2.45) is 0 Å². The quantitative estimate of drug-likeness (QED) is 0.473. The van der Waals surface area contributed by atoms with E-state index >= 15 is 0 Å². The lowest BCUT2D eigenvalue weighted by Gasteiger charge is -2.35. The van der Waals surface area contributed by atoms with Gasteiger partial charge in [-0.25, -0.2) is 15.0 Å². The van der Waals surface area contributed by atoms with Gasteiger partial charge in [0.15, 0.2) is 14.0 Å². The van der Waals surface area contributed by atoms with Gasteiger partial charge in [0.1, 0.15) is 5.01 Å². The Bertz CT molecular complexity index is 759. The van der Waals surface area contributed by atoms with Gasteiger partial charge in [-0.05, 0) is 35.8 Å². The standard InChI is InChI=1S/C15H19ClF3N3OSSi/c1-14(2,3)25(4,5)23-8-10-22-12(15(17,18)19)11(24-10)9-6-7-20-13(16)21-9/h6-7H,8H2,1-5H3. The molecule has 0 fully saturated rings. The minimum atomic E-state index is -4.58. The molecular formula is C15H19ClF3N3OSSi. The molecule has 0 bridgehead atoms. The van der Waals surface area contributed by atoms with Crippen molar-refractivity contribution in [3.63, 3.8) is 0 Å². The molecule has 2 rings (SSSR count). The summed E-state index contributed by atoms with van der Waals surface area (Å²) in [4.78, 5) is 11.3. The van der Waals surface area contributed by atoms with Gasteiger partial charge >= 0.3 is 6.18 Å². The van der Waals surface area contributed by atoms with Gasteiger partial charge in [-0.1, -0.05) is 20.8 Å². The molecule has 0 saturated carbocycles. The fourth-order valence-electron chi connectivity index (χ4n) is 1.71. The molecule has 0 aromatic carbocycles. The highest BCUT2D eigenvalue weighted by Gasteiger charge is 2.40. The lowest BCUT2D eigenvalue weighted by molar-refractivity contribution is -0.140. The summed E-state index contributed by atoms with van der Waals surface area (Å²) in [5, 5.41) is 0.111. The van der Waals surface area contributed by atoms with Crippen molar-refractivity contribution in [3.05, 3.63) is 28.2 Å².